The lowest BCUT2D eigenvalue weighted by molar-refractivity contribution is 0.0387. The van der Waals surface area contributed by atoms with E-state index in [0.29, 0.717) is 6.42 Å². The fourth-order valence-corrected chi connectivity index (χ4v) is 3.83. The van der Waals surface area contributed by atoms with Gasteiger partial charge in [-0.15, -0.1) is 11.3 Å². The van der Waals surface area contributed by atoms with Crippen molar-refractivity contribution < 1.29 is 9.84 Å². The number of benzene rings is 2. The van der Waals surface area contributed by atoms with E-state index in [9.17, 15) is 5.11 Å². The van der Waals surface area contributed by atoms with Crippen molar-refractivity contribution >= 4 is 22.1 Å². The summed E-state index contributed by atoms with van der Waals surface area (Å²) in [4.78, 5) is 1.16. The standard InChI is InChI=1S/C19H20O2S/c1-2-19(12-13-20,18-11-6-14-22-18)21-17-10-5-8-15-7-3-4-9-16(15)17/h3-11,14,20H,2,12-13H2,1H3/t19-/m1/s1. The Morgan fingerprint density at radius 1 is 1.05 bits per heavy atom. The Labute approximate surface area is 135 Å². The average Bonchev–Trinajstić information content (AvgIpc) is 3.10. The SMILES string of the molecule is CC[C@](CCO)(Oc1cccc2ccccc12)c1cccs1. The van der Waals surface area contributed by atoms with Crippen molar-refractivity contribution in [1.82, 2.24) is 0 Å². The maximum absolute atomic E-state index is 9.55. The highest BCUT2D eigenvalue weighted by molar-refractivity contribution is 7.10. The highest BCUT2D eigenvalue weighted by atomic mass is 32.1. The lowest BCUT2D eigenvalue weighted by Crippen LogP contribution is -2.32. The summed E-state index contributed by atoms with van der Waals surface area (Å²) in [6.07, 6.45) is 1.41. The van der Waals surface area contributed by atoms with Crippen LogP contribution in [0.15, 0.2) is 60.0 Å². The molecule has 2 nitrogen and oxygen atoms in total. The van der Waals surface area contributed by atoms with Gasteiger partial charge in [-0.3, -0.25) is 0 Å². The van der Waals surface area contributed by atoms with Gasteiger partial charge < -0.3 is 9.84 Å². The lowest BCUT2D eigenvalue weighted by atomic mass is 9.94. The predicted octanol–water partition coefficient (Wildman–Crippen LogP) is 4.97. The summed E-state index contributed by atoms with van der Waals surface area (Å²) in [5.41, 5.74) is -0.465. The first-order valence-electron chi connectivity index (χ1n) is 7.61. The largest absolute Gasteiger partial charge is 0.481 e. The number of ether oxygens (including phenoxy) is 1. The minimum absolute atomic E-state index is 0.108. The number of rotatable bonds is 6. The van der Waals surface area contributed by atoms with Crippen LogP contribution in [0, 0.1) is 0 Å². The van der Waals surface area contributed by atoms with E-state index in [4.69, 9.17) is 4.74 Å². The maximum atomic E-state index is 9.55. The molecule has 0 fully saturated rings. The minimum Gasteiger partial charge on any atom is -0.481 e. The first-order valence-corrected chi connectivity index (χ1v) is 8.48. The second-order valence-corrected chi connectivity index (χ2v) is 6.33. The van der Waals surface area contributed by atoms with Crippen molar-refractivity contribution in [2.24, 2.45) is 0 Å². The smallest absolute Gasteiger partial charge is 0.145 e. The molecule has 1 N–H and O–H groups in total. The van der Waals surface area contributed by atoms with Gasteiger partial charge in [-0.25, -0.2) is 0 Å². The van der Waals surface area contributed by atoms with Crippen molar-refractivity contribution in [2.45, 2.75) is 25.4 Å². The van der Waals surface area contributed by atoms with E-state index in [2.05, 4.69) is 36.6 Å². The van der Waals surface area contributed by atoms with Crippen LogP contribution in [0.4, 0.5) is 0 Å². The molecule has 0 unspecified atom stereocenters. The van der Waals surface area contributed by atoms with E-state index in [1.165, 1.54) is 5.39 Å². The molecular weight excluding hydrogens is 292 g/mol. The average molecular weight is 312 g/mol. The molecular formula is C19H20O2S. The Balaban J connectivity index is 2.06. The fourth-order valence-electron chi connectivity index (χ4n) is 2.86. The summed E-state index contributed by atoms with van der Waals surface area (Å²) in [5, 5.41) is 13.9. The molecule has 0 aliphatic heterocycles. The molecule has 22 heavy (non-hydrogen) atoms. The molecule has 0 bridgehead atoms. The Hall–Kier alpha value is -1.84. The third-order valence-corrected chi connectivity index (χ3v) is 5.17. The normalized spacial score (nSPS) is 13.9. The molecule has 0 radical (unpaired) electrons. The molecule has 0 saturated heterocycles. The van der Waals surface area contributed by atoms with Gasteiger partial charge in [0.05, 0.1) is 0 Å². The second kappa shape index (κ2) is 6.51. The highest BCUT2D eigenvalue weighted by Crippen LogP contribution is 2.39. The summed E-state index contributed by atoms with van der Waals surface area (Å²) in [6.45, 7) is 2.22. The van der Waals surface area contributed by atoms with Gasteiger partial charge in [-0.2, -0.15) is 0 Å². The first kappa shape index (κ1) is 15.1. The zero-order valence-electron chi connectivity index (χ0n) is 12.7. The topological polar surface area (TPSA) is 29.5 Å². The van der Waals surface area contributed by atoms with Gasteiger partial charge in [0.25, 0.3) is 0 Å². The van der Waals surface area contributed by atoms with E-state index >= 15 is 0 Å². The van der Waals surface area contributed by atoms with Crippen LogP contribution in [-0.4, -0.2) is 11.7 Å². The zero-order chi connectivity index (χ0) is 15.4. The Morgan fingerprint density at radius 2 is 1.86 bits per heavy atom. The number of hydrogen-bond acceptors (Lipinski definition) is 3. The van der Waals surface area contributed by atoms with Gasteiger partial charge in [0.2, 0.25) is 0 Å². The second-order valence-electron chi connectivity index (χ2n) is 5.38. The molecule has 0 spiro atoms. The summed E-state index contributed by atoms with van der Waals surface area (Å²) in [5.74, 6) is 0.877. The van der Waals surface area contributed by atoms with Crippen molar-refractivity contribution in [3.05, 3.63) is 64.9 Å². The number of hydrogen-bond donors (Lipinski definition) is 1. The van der Waals surface area contributed by atoms with E-state index in [0.717, 1.165) is 22.4 Å². The van der Waals surface area contributed by atoms with Gasteiger partial charge in [0.15, 0.2) is 0 Å². The van der Waals surface area contributed by atoms with Gasteiger partial charge >= 0.3 is 0 Å². The molecule has 0 amide bonds. The van der Waals surface area contributed by atoms with Crippen LogP contribution in [0.3, 0.4) is 0 Å². The molecule has 3 rings (SSSR count). The Bertz CT molecular complexity index is 731. The molecule has 0 aliphatic rings. The third kappa shape index (κ3) is 2.74. The molecule has 0 saturated carbocycles. The summed E-state index contributed by atoms with van der Waals surface area (Å²) in [7, 11) is 0. The van der Waals surface area contributed by atoms with E-state index in [1.807, 2.05) is 30.3 Å². The molecule has 3 heteroatoms. The van der Waals surface area contributed by atoms with Gasteiger partial charge in [-0.1, -0.05) is 49.4 Å². The van der Waals surface area contributed by atoms with Crippen molar-refractivity contribution in [3.63, 3.8) is 0 Å². The minimum atomic E-state index is -0.465. The molecule has 0 aliphatic carbocycles. The number of aliphatic hydroxyl groups is 1. The molecule has 1 heterocycles. The summed E-state index contributed by atoms with van der Waals surface area (Å²) < 4.78 is 6.50. The van der Waals surface area contributed by atoms with Crippen LogP contribution in [0.1, 0.15) is 24.6 Å². The van der Waals surface area contributed by atoms with Gasteiger partial charge in [-0.05, 0) is 29.3 Å². The Kier molecular flexibility index (Phi) is 4.46. The van der Waals surface area contributed by atoms with E-state index < -0.39 is 5.60 Å². The van der Waals surface area contributed by atoms with Gasteiger partial charge in [0, 0.05) is 23.3 Å². The third-order valence-electron chi connectivity index (χ3n) is 4.11. The number of thiophene rings is 1. The fraction of sp³-hybridized carbons (Fsp3) is 0.263. The maximum Gasteiger partial charge on any atom is 0.145 e. The van der Waals surface area contributed by atoms with Crippen LogP contribution in [-0.2, 0) is 5.60 Å². The van der Waals surface area contributed by atoms with Crippen LogP contribution in [0.25, 0.3) is 10.8 Å². The predicted molar refractivity (Wildman–Crippen MR) is 92.6 cm³/mol. The Morgan fingerprint density at radius 3 is 2.59 bits per heavy atom. The van der Waals surface area contributed by atoms with Crippen molar-refractivity contribution in [2.75, 3.05) is 6.61 Å². The molecule has 2 aromatic carbocycles. The van der Waals surface area contributed by atoms with Crippen molar-refractivity contribution in [3.8, 4) is 5.75 Å². The zero-order valence-corrected chi connectivity index (χ0v) is 13.5. The van der Waals surface area contributed by atoms with Crippen molar-refractivity contribution in [1.29, 1.82) is 0 Å². The van der Waals surface area contributed by atoms with Crippen LogP contribution < -0.4 is 4.74 Å². The van der Waals surface area contributed by atoms with Gasteiger partial charge in [0.1, 0.15) is 11.4 Å². The van der Waals surface area contributed by atoms with Crippen LogP contribution in [0.5, 0.6) is 5.75 Å². The van der Waals surface area contributed by atoms with Crippen LogP contribution >= 0.6 is 11.3 Å². The van der Waals surface area contributed by atoms with E-state index in [-0.39, 0.29) is 6.61 Å². The molecule has 1 aromatic heterocycles. The van der Waals surface area contributed by atoms with Crippen LogP contribution in [0.2, 0.25) is 0 Å². The van der Waals surface area contributed by atoms with E-state index in [1.54, 1.807) is 11.3 Å². The number of aliphatic hydroxyl groups excluding tert-OH is 1. The summed E-state index contributed by atoms with van der Waals surface area (Å²) >= 11 is 1.68. The quantitative estimate of drug-likeness (QED) is 0.696. The molecule has 114 valence electrons. The molecule has 3 aromatic rings. The molecule has 1 atom stereocenters. The first-order chi connectivity index (χ1) is 10.8. The highest BCUT2D eigenvalue weighted by Gasteiger charge is 2.33. The summed E-state index contributed by atoms with van der Waals surface area (Å²) in [6, 6.07) is 18.5. The number of fused-ring (bicyclic) bond motifs is 1. The monoisotopic (exact) mass is 312 g/mol. The lowest BCUT2D eigenvalue weighted by Gasteiger charge is -2.33.